The lowest BCUT2D eigenvalue weighted by atomic mass is 9.84. The van der Waals surface area contributed by atoms with Crippen LogP contribution in [0.3, 0.4) is 0 Å². The number of ether oxygens (including phenoxy) is 1. The molecule has 1 fully saturated rings. The standard InChI is InChI=1S/C27H34N6O3/c1-32(2)27(26(35)30-19-8-6-7-18(15-19)16-22(34)36-3)11-13-33(14-12-27)25-23-20-9-4-5-10-21(20)31-24(23)28-17-29-25/h6-8,15,17H,4-5,9-14,16H2,1-3H3,(H,30,35)(H,28,29,31). The monoisotopic (exact) mass is 490 g/mol. The Morgan fingerprint density at radius 3 is 2.69 bits per heavy atom. The van der Waals surface area contributed by atoms with E-state index in [1.807, 2.05) is 43.3 Å². The van der Waals surface area contributed by atoms with Gasteiger partial charge in [0.15, 0.2) is 0 Å². The van der Waals surface area contributed by atoms with Crippen LogP contribution in [0.1, 0.15) is 42.5 Å². The van der Waals surface area contributed by atoms with Crippen LogP contribution < -0.4 is 10.2 Å². The Balaban J connectivity index is 1.34. The zero-order chi connectivity index (χ0) is 25.3. The van der Waals surface area contributed by atoms with Gasteiger partial charge in [0.1, 0.15) is 23.3 Å². The number of H-pyrrole nitrogens is 1. The molecule has 2 aliphatic rings. The molecule has 2 N–H and O–H groups in total. The lowest BCUT2D eigenvalue weighted by Crippen LogP contribution is -2.59. The average Bonchev–Trinajstić information content (AvgIpc) is 3.27. The summed E-state index contributed by atoms with van der Waals surface area (Å²) in [5, 5.41) is 4.25. The maximum Gasteiger partial charge on any atom is 0.309 e. The summed E-state index contributed by atoms with van der Waals surface area (Å²) in [5.74, 6) is 0.634. The number of hydrogen-bond acceptors (Lipinski definition) is 7. The van der Waals surface area contributed by atoms with Crippen molar-refractivity contribution in [3.63, 3.8) is 0 Å². The largest absolute Gasteiger partial charge is 0.469 e. The molecule has 3 heterocycles. The summed E-state index contributed by atoms with van der Waals surface area (Å²) in [6.07, 6.45) is 7.68. The van der Waals surface area contributed by atoms with Crippen molar-refractivity contribution in [3.05, 3.63) is 47.4 Å². The van der Waals surface area contributed by atoms with Crippen LogP contribution in [0.25, 0.3) is 11.0 Å². The van der Waals surface area contributed by atoms with Gasteiger partial charge >= 0.3 is 5.97 Å². The van der Waals surface area contributed by atoms with Crippen molar-refractivity contribution in [1.29, 1.82) is 0 Å². The first kappa shape index (κ1) is 24.2. The first-order valence-corrected chi connectivity index (χ1v) is 12.7. The molecule has 0 unspecified atom stereocenters. The highest BCUT2D eigenvalue weighted by Crippen LogP contribution is 2.37. The van der Waals surface area contributed by atoms with Crippen LogP contribution in [0.15, 0.2) is 30.6 Å². The second-order valence-corrected chi connectivity index (χ2v) is 10.0. The summed E-state index contributed by atoms with van der Waals surface area (Å²) in [7, 11) is 5.31. The maximum absolute atomic E-state index is 13.6. The van der Waals surface area contributed by atoms with Gasteiger partial charge < -0.3 is 19.9 Å². The van der Waals surface area contributed by atoms with Crippen LogP contribution in [0.2, 0.25) is 0 Å². The van der Waals surface area contributed by atoms with E-state index in [-0.39, 0.29) is 18.3 Å². The van der Waals surface area contributed by atoms with Gasteiger partial charge in [0.2, 0.25) is 5.91 Å². The molecule has 1 amide bonds. The zero-order valence-electron chi connectivity index (χ0n) is 21.3. The second kappa shape index (κ2) is 9.89. The second-order valence-electron chi connectivity index (χ2n) is 10.0. The molecule has 190 valence electrons. The smallest absolute Gasteiger partial charge is 0.309 e. The number of carbonyl (C=O) groups is 2. The lowest BCUT2D eigenvalue weighted by molar-refractivity contribution is -0.139. The first-order chi connectivity index (χ1) is 17.4. The van der Waals surface area contributed by atoms with Crippen molar-refractivity contribution in [3.8, 4) is 0 Å². The Kier molecular flexibility index (Phi) is 6.66. The van der Waals surface area contributed by atoms with E-state index in [1.54, 1.807) is 6.33 Å². The fraction of sp³-hybridized carbons (Fsp3) is 0.481. The Morgan fingerprint density at radius 1 is 1.17 bits per heavy atom. The molecular weight excluding hydrogens is 456 g/mol. The number of anilines is 2. The van der Waals surface area contributed by atoms with Gasteiger partial charge in [-0.2, -0.15) is 0 Å². The molecule has 5 rings (SSSR count). The third kappa shape index (κ3) is 4.43. The molecule has 9 nitrogen and oxygen atoms in total. The van der Waals surface area contributed by atoms with E-state index in [4.69, 9.17) is 9.72 Å². The molecule has 36 heavy (non-hydrogen) atoms. The Labute approximate surface area is 211 Å². The van der Waals surface area contributed by atoms with E-state index in [2.05, 4.69) is 20.2 Å². The number of esters is 1. The topological polar surface area (TPSA) is 103 Å². The van der Waals surface area contributed by atoms with Crippen molar-refractivity contribution >= 4 is 34.4 Å². The number of rotatable bonds is 6. The van der Waals surface area contributed by atoms with Crippen molar-refractivity contribution < 1.29 is 14.3 Å². The molecule has 0 atom stereocenters. The zero-order valence-corrected chi connectivity index (χ0v) is 21.3. The van der Waals surface area contributed by atoms with Crippen LogP contribution in [-0.2, 0) is 33.6 Å². The molecular formula is C27H34N6O3. The van der Waals surface area contributed by atoms with Crippen LogP contribution in [0.5, 0.6) is 0 Å². The quantitative estimate of drug-likeness (QED) is 0.512. The third-order valence-corrected chi connectivity index (χ3v) is 7.80. The normalized spacial score (nSPS) is 17.2. The number of aryl methyl sites for hydroxylation is 2. The highest BCUT2D eigenvalue weighted by atomic mass is 16.5. The number of aromatic nitrogens is 3. The van der Waals surface area contributed by atoms with E-state index >= 15 is 0 Å². The molecule has 1 aliphatic carbocycles. The minimum Gasteiger partial charge on any atom is -0.469 e. The lowest BCUT2D eigenvalue weighted by Gasteiger charge is -2.45. The summed E-state index contributed by atoms with van der Waals surface area (Å²) in [4.78, 5) is 42.4. The van der Waals surface area contributed by atoms with Gasteiger partial charge in [-0.25, -0.2) is 9.97 Å². The summed E-state index contributed by atoms with van der Waals surface area (Å²) >= 11 is 0. The molecule has 0 bridgehead atoms. The Morgan fingerprint density at radius 2 is 1.94 bits per heavy atom. The predicted molar refractivity (Wildman–Crippen MR) is 139 cm³/mol. The number of methoxy groups -OCH3 is 1. The van der Waals surface area contributed by atoms with E-state index in [0.717, 1.165) is 48.3 Å². The fourth-order valence-corrected chi connectivity index (χ4v) is 5.66. The number of hydrogen-bond donors (Lipinski definition) is 2. The molecule has 0 radical (unpaired) electrons. The van der Waals surface area contributed by atoms with E-state index in [9.17, 15) is 9.59 Å². The predicted octanol–water partition coefficient (Wildman–Crippen LogP) is 3.09. The highest BCUT2D eigenvalue weighted by molar-refractivity contribution is 5.99. The van der Waals surface area contributed by atoms with E-state index < -0.39 is 5.54 Å². The molecule has 1 saturated heterocycles. The van der Waals surface area contributed by atoms with Crippen molar-refractivity contribution in [2.75, 3.05) is 44.5 Å². The van der Waals surface area contributed by atoms with Gasteiger partial charge in [-0.1, -0.05) is 12.1 Å². The number of benzene rings is 1. The third-order valence-electron chi connectivity index (χ3n) is 7.80. The fourth-order valence-electron chi connectivity index (χ4n) is 5.66. The number of piperidine rings is 1. The number of nitrogens with zero attached hydrogens (tertiary/aromatic N) is 4. The molecule has 1 aliphatic heterocycles. The van der Waals surface area contributed by atoms with Crippen LogP contribution >= 0.6 is 0 Å². The van der Waals surface area contributed by atoms with Crippen LogP contribution in [0.4, 0.5) is 11.5 Å². The molecule has 1 aromatic carbocycles. The molecule has 0 saturated carbocycles. The van der Waals surface area contributed by atoms with Gasteiger partial charge in [-0.05, 0) is 75.9 Å². The maximum atomic E-state index is 13.6. The number of amides is 1. The van der Waals surface area contributed by atoms with Gasteiger partial charge in [0, 0.05) is 24.5 Å². The van der Waals surface area contributed by atoms with Gasteiger partial charge in [0.25, 0.3) is 0 Å². The number of fused-ring (bicyclic) bond motifs is 3. The number of aromatic amines is 1. The van der Waals surface area contributed by atoms with Gasteiger partial charge in [-0.3, -0.25) is 14.5 Å². The Bertz CT molecular complexity index is 1280. The van der Waals surface area contributed by atoms with Crippen molar-refractivity contribution in [2.45, 2.75) is 50.5 Å². The summed E-state index contributed by atoms with van der Waals surface area (Å²) in [5.41, 5.74) is 4.42. The molecule has 3 aromatic rings. The molecule has 0 spiro atoms. The minimum atomic E-state index is -0.640. The first-order valence-electron chi connectivity index (χ1n) is 12.7. The van der Waals surface area contributed by atoms with Crippen molar-refractivity contribution in [1.82, 2.24) is 19.9 Å². The molecule has 9 heteroatoms. The van der Waals surface area contributed by atoms with Crippen LogP contribution in [0, 0.1) is 0 Å². The number of likely N-dealkylation sites (N-methyl/N-ethyl adjacent to an activating group) is 1. The summed E-state index contributed by atoms with van der Waals surface area (Å²) in [6.45, 7) is 1.44. The minimum absolute atomic E-state index is 0.0331. The van der Waals surface area contributed by atoms with Gasteiger partial charge in [0.05, 0.1) is 18.9 Å². The van der Waals surface area contributed by atoms with E-state index in [1.165, 1.54) is 31.2 Å². The number of nitrogens with one attached hydrogen (secondary N) is 2. The van der Waals surface area contributed by atoms with Crippen LogP contribution in [-0.4, -0.2) is 71.6 Å². The summed E-state index contributed by atoms with van der Waals surface area (Å²) in [6, 6.07) is 7.38. The SMILES string of the molecule is COC(=O)Cc1cccc(NC(=O)C2(N(C)C)CCN(c3ncnc4[nH]c5c(c34)CCCC5)CC2)c1. The van der Waals surface area contributed by atoms with Gasteiger partial charge in [-0.15, -0.1) is 0 Å². The van der Waals surface area contributed by atoms with Crippen molar-refractivity contribution in [2.24, 2.45) is 0 Å². The highest BCUT2D eigenvalue weighted by Gasteiger charge is 2.44. The van der Waals surface area contributed by atoms with E-state index in [0.29, 0.717) is 18.5 Å². The Hall–Kier alpha value is -3.46. The average molecular weight is 491 g/mol. The number of carbonyl (C=O) groups excluding carboxylic acids is 2. The molecule has 2 aromatic heterocycles. The summed E-state index contributed by atoms with van der Waals surface area (Å²) < 4.78 is 4.77.